The van der Waals surface area contributed by atoms with E-state index in [1.165, 1.54) is 7.05 Å². The molecule has 1 aliphatic heterocycles. The number of amides is 1. The number of carbonyl (C=O) groups is 1. The average molecular weight is 268 g/mol. The minimum atomic E-state index is -0.253. The Labute approximate surface area is 131 Å². The van der Waals surface area contributed by atoms with Crippen molar-refractivity contribution >= 4 is 5.91 Å². The van der Waals surface area contributed by atoms with Gasteiger partial charge in [0.25, 0.3) is 0 Å². The fraction of sp³-hybridized carbons (Fsp3) is 0.571. The van der Waals surface area contributed by atoms with Crippen LogP contribution in [-0.2, 0) is 6.54 Å². The van der Waals surface area contributed by atoms with Crippen LogP contribution in [0.25, 0.3) is 5.32 Å². The smallest absolute Gasteiger partial charge is 0.645 e. The van der Waals surface area contributed by atoms with Crippen molar-refractivity contribution in [2.24, 2.45) is 5.73 Å². The molecule has 2 heterocycles. The second-order valence-electron chi connectivity index (χ2n) is 2.41. The molecule has 0 radical (unpaired) electrons. The van der Waals surface area contributed by atoms with Gasteiger partial charge >= 0.3 is 58.2 Å². The molecule has 7 heteroatoms. The van der Waals surface area contributed by atoms with Crippen LogP contribution in [0.3, 0.4) is 0 Å². The Morgan fingerprint density at radius 3 is 2.64 bits per heavy atom. The standard InChI is InChI=1S/C6H8N4O.CH5N.Rb/c1-4-8-9-5-6(11)7-2-3-10(4)5;1-2;/h2-3H2,1H3,(H,7,11);2H2,1H3;/q;;+1/p-1. The fourth-order valence-corrected chi connectivity index (χ4v) is 1.13. The van der Waals surface area contributed by atoms with Crippen molar-refractivity contribution in [3.8, 4) is 0 Å². The molecule has 2 rings (SSSR count). The maximum absolute atomic E-state index is 11.0. The molecule has 0 atom stereocenters. The van der Waals surface area contributed by atoms with Crippen LogP contribution in [0.5, 0.6) is 0 Å². The quantitative estimate of drug-likeness (QED) is 0.533. The summed E-state index contributed by atoms with van der Waals surface area (Å²) in [4.78, 5) is 11.0. The number of hydrogen-bond donors (Lipinski definition) is 1. The van der Waals surface area contributed by atoms with E-state index in [0.717, 1.165) is 12.4 Å². The summed E-state index contributed by atoms with van der Waals surface area (Å²) >= 11 is 0. The maximum atomic E-state index is 11.0. The van der Waals surface area contributed by atoms with Crippen molar-refractivity contribution in [2.75, 3.05) is 13.6 Å². The number of fused-ring (bicyclic) bond motifs is 1. The third kappa shape index (κ3) is 2.93. The normalized spacial score (nSPS) is 12.9. The van der Waals surface area contributed by atoms with E-state index in [1.54, 1.807) is 4.57 Å². The molecule has 0 fully saturated rings. The number of aromatic nitrogens is 3. The van der Waals surface area contributed by atoms with E-state index < -0.39 is 0 Å². The number of hydrogen-bond acceptors (Lipinski definition) is 4. The Morgan fingerprint density at radius 1 is 1.43 bits per heavy atom. The van der Waals surface area contributed by atoms with Gasteiger partial charge in [0.1, 0.15) is 11.7 Å². The number of aryl methyl sites for hydroxylation is 1. The van der Waals surface area contributed by atoms with E-state index >= 15 is 0 Å². The minimum Gasteiger partial charge on any atom is -0.645 e. The van der Waals surface area contributed by atoms with Gasteiger partial charge in [0.2, 0.25) is 0 Å². The van der Waals surface area contributed by atoms with Gasteiger partial charge in [-0.15, -0.1) is 16.7 Å². The Balaban J connectivity index is 0.000000531. The summed E-state index contributed by atoms with van der Waals surface area (Å²) in [6, 6.07) is 0. The second kappa shape index (κ2) is 6.78. The number of nitrogens with zero attached hydrogens (tertiary/aromatic N) is 4. The first-order chi connectivity index (χ1) is 6.29. The van der Waals surface area contributed by atoms with E-state index in [1.807, 2.05) is 6.92 Å². The molecule has 2 N–H and O–H groups in total. The van der Waals surface area contributed by atoms with Crippen molar-refractivity contribution in [3.63, 3.8) is 0 Å². The molecule has 72 valence electrons. The summed E-state index contributed by atoms with van der Waals surface area (Å²) in [5.41, 5.74) is 4.50. The Hall–Kier alpha value is 0.375. The van der Waals surface area contributed by atoms with E-state index in [0.29, 0.717) is 12.4 Å². The molecular weight excluding hydrogens is 256 g/mol. The molecule has 1 aliphatic rings. The molecule has 0 aliphatic carbocycles. The summed E-state index contributed by atoms with van der Waals surface area (Å²) in [6.45, 7) is 3.10. The van der Waals surface area contributed by atoms with Gasteiger partial charge in [-0.2, -0.15) is 0 Å². The Bertz CT molecular complexity index is 311. The van der Waals surface area contributed by atoms with Gasteiger partial charge in [-0.05, 0) is 14.0 Å². The zero-order chi connectivity index (χ0) is 9.84. The van der Waals surface area contributed by atoms with Gasteiger partial charge in [0, 0.05) is 6.54 Å². The van der Waals surface area contributed by atoms with Crippen LogP contribution in [0, 0.1) is 6.92 Å². The predicted octanol–water partition coefficient (Wildman–Crippen LogP) is -3.31. The van der Waals surface area contributed by atoms with Crippen LogP contribution in [-0.4, -0.2) is 34.3 Å². The summed E-state index contributed by atoms with van der Waals surface area (Å²) in [5.74, 6) is 0.897. The van der Waals surface area contributed by atoms with Crippen LogP contribution >= 0.6 is 0 Å². The van der Waals surface area contributed by atoms with E-state index in [9.17, 15) is 4.79 Å². The first-order valence-corrected chi connectivity index (χ1v) is 3.98. The fourth-order valence-electron chi connectivity index (χ4n) is 1.13. The van der Waals surface area contributed by atoms with Crippen molar-refractivity contribution in [1.82, 2.24) is 14.8 Å². The third-order valence-electron chi connectivity index (χ3n) is 1.71. The minimum absolute atomic E-state index is 0. The van der Waals surface area contributed by atoms with Gasteiger partial charge in [-0.1, -0.05) is 0 Å². The van der Waals surface area contributed by atoms with Crippen LogP contribution in [0.4, 0.5) is 0 Å². The Kier molecular flexibility index (Phi) is 6.97. The second-order valence-corrected chi connectivity index (χ2v) is 2.41. The number of rotatable bonds is 0. The summed E-state index contributed by atoms with van der Waals surface area (Å²) in [5, 5.41) is 11.2. The van der Waals surface area contributed by atoms with E-state index in [4.69, 9.17) is 0 Å². The zero-order valence-electron chi connectivity index (χ0n) is 8.69. The van der Waals surface area contributed by atoms with E-state index in [-0.39, 0.29) is 64.1 Å². The largest absolute Gasteiger partial charge is 1.00 e. The van der Waals surface area contributed by atoms with Gasteiger partial charge in [-0.3, -0.25) is 0 Å². The van der Waals surface area contributed by atoms with Crippen molar-refractivity contribution in [3.05, 3.63) is 17.0 Å². The van der Waals surface area contributed by atoms with Crippen molar-refractivity contribution in [2.45, 2.75) is 13.5 Å². The maximum Gasteiger partial charge on any atom is 1.00 e. The van der Waals surface area contributed by atoms with Crippen LogP contribution in [0.2, 0.25) is 0 Å². The number of nitrogens with two attached hydrogens (primary N) is 1. The zero-order valence-corrected chi connectivity index (χ0v) is 13.6. The molecule has 14 heavy (non-hydrogen) atoms. The molecule has 0 saturated heterocycles. The molecule has 6 nitrogen and oxygen atoms in total. The molecule has 0 aromatic carbocycles. The van der Waals surface area contributed by atoms with Crippen LogP contribution < -0.4 is 63.9 Å². The summed E-state index contributed by atoms with van der Waals surface area (Å²) < 4.78 is 1.79. The topological polar surface area (TPSA) is 87.9 Å². The average Bonchev–Trinajstić information content (AvgIpc) is 2.53. The van der Waals surface area contributed by atoms with Gasteiger partial charge in [-0.25, -0.2) is 0 Å². The predicted molar refractivity (Wildman–Crippen MR) is 47.4 cm³/mol. The van der Waals surface area contributed by atoms with Gasteiger partial charge in [0.15, 0.2) is 5.82 Å². The number of carbonyl (C=O) groups excluding carboxylic acids is 1. The third-order valence-corrected chi connectivity index (χ3v) is 1.71. The molecule has 0 bridgehead atoms. The van der Waals surface area contributed by atoms with Gasteiger partial charge < -0.3 is 20.4 Å². The summed E-state index contributed by atoms with van der Waals surface area (Å²) in [6.07, 6.45) is 0. The summed E-state index contributed by atoms with van der Waals surface area (Å²) in [7, 11) is 1.50. The molecule has 0 saturated carbocycles. The van der Waals surface area contributed by atoms with Crippen molar-refractivity contribution < 1.29 is 63.0 Å². The van der Waals surface area contributed by atoms with E-state index in [2.05, 4.69) is 21.2 Å². The van der Waals surface area contributed by atoms with Gasteiger partial charge in [0.05, 0.1) is 0 Å². The molecule has 1 amide bonds. The van der Waals surface area contributed by atoms with Crippen LogP contribution in [0.1, 0.15) is 16.4 Å². The van der Waals surface area contributed by atoms with Crippen molar-refractivity contribution in [1.29, 1.82) is 0 Å². The molecular formula is C7H12N5ORb. The monoisotopic (exact) mass is 267 g/mol. The molecule has 0 unspecified atom stereocenters. The first kappa shape index (κ1) is 14.4. The molecule has 1 aromatic rings. The van der Waals surface area contributed by atoms with Crippen LogP contribution in [0.15, 0.2) is 0 Å². The first-order valence-electron chi connectivity index (χ1n) is 3.98. The molecule has 1 aromatic heterocycles. The SMILES string of the molecule is CN.Cc1nnc2n1CC[N-]C2=O.[Rb+]. The Morgan fingerprint density at radius 2 is 2.07 bits per heavy atom. The molecule has 0 spiro atoms.